The molecule has 1 aromatic heterocycles. The van der Waals surface area contributed by atoms with Crippen molar-refractivity contribution in [1.82, 2.24) is 4.98 Å². The van der Waals surface area contributed by atoms with Crippen LogP contribution in [0.5, 0.6) is 0 Å². The van der Waals surface area contributed by atoms with Crippen LogP contribution in [0.25, 0.3) is 0 Å². The predicted octanol–water partition coefficient (Wildman–Crippen LogP) is 2.44. The van der Waals surface area contributed by atoms with Crippen molar-refractivity contribution in [3.05, 3.63) is 33.2 Å². The molecule has 0 radical (unpaired) electrons. The molecule has 1 rings (SSSR count). The van der Waals surface area contributed by atoms with Crippen LogP contribution < -0.4 is 5.43 Å². The third kappa shape index (κ3) is 3.55. The Kier molecular flexibility index (Phi) is 4.85. The molecule has 1 heterocycles. The number of nitrogens with one attached hydrogen (secondary N) is 1. The highest BCUT2D eigenvalue weighted by atomic mass is 19.4. The van der Waals surface area contributed by atoms with Crippen molar-refractivity contribution in [2.75, 3.05) is 6.61 Å². The van der Waals surface area contributed by atoms with E-state index < -0.39 is 47.2 Å². The molecule has 0 saturated carbocycles. The minimum Gasteiger partial charge on any atom is -0.466 e. The van der Waals surface area contributed by atoms with Crippen molar-refractivity contribution in [3.8, 4) is 0 Å². The Morgan fingerprint density at radius 2 is 2.00 bits per heavy atom. The number of hydrogen-bond acceptors (Lipinski definition) is 3. The van der Waals surface area contributed by atoms with Crippen LogP contribution in [0.15, 0.2) is 11.0 Å². The average Bonchev–Trinajstić information content (AvgIpc) is 2.29. The van der Waals surface area contributed by atoms with Gasteiger partial charge in [-0.05, 0) is 6.92 Å². The summed E-state index contributed by atoms with van der Waals surface area (Å²) in [5.74, 6) is -1.06. The summed E-state index contributed by atoms with van der Waals surface area (Å²) in [7, 11) is 0. The van der Waals surface area contributed by atoms with E-state index in [9.17, 15) is 31.5 Å². The quantitative estimate of drug-likeness (QED) is 0.686. The molecule has 9 heteroatoms. The molecule has 0 spiro atoms. The minimum atomic E-state index is -5.00. The lowest BCUT2D eigenvalue weighted by atomic mass is 10.1. The molecule has 4 nitrogen and oxygen atoms in total. The fraction of sp³-hybridized carbons (Fsp3) is 0.455. The van der Waals surface area contributed by atoms with Gasteiger partial charge < -0.3 is 9.72 Å². The topological polar surface area (TPSA) is 59.2 Å². The van der Waals surface area contributed by atoms with Crippen molar-refractivity contribution >= 4 is 5.97 Å². The van der Waals surface area contributed by atoms with E-state index in [0.717, 1.165) is 0 Å². The maximum Gasteiger partial charge on any atom is 0.421 e. The molecule has 1 aromatic rings. The van der Waals surface area contributed by atoms with Crippen molar-refractivity contribution in [2.24, 2.45) is 0 Å². The summed E-state index contributed by atoms with van der Waals surface area (Å²) in [5.41, 5.74) is -5.25. The largest absolute Gasteiger partial charge is 0.466 e. The molecule has 112 valence electrons. The number of hydrogen-bond donors (Lipinski definition) is 1. The Morgan fingerprint density at radius 3 is 2.45 bits per heavy atom. The van der Waals surface area contributed by atoms with Crippen LogP contribution in [-0.2, 0) is 22.1 Å². The number of carbonyl (C=O) groups excluding carboxylic acids is 1. The van der Waals surface area contributed by atoms with Gasteiger partial charge in [-0.1, -0.05) is 0 Å². The molecule has 0 bridgehead atoms. The molecule has 1 N–H and O–H groups in total. The first-order valence-electron chi connectivity index (χ1n) is 5.43. The van der Waals surface area contributed by atoms with Crippen molar-refractivity contribution in [3.63, 3.8) is 0 Å². The lowest BCUT2D eigenvalue weighted by molar-refractivity contribution is -0.143. The smallest absolute Gasteiger partial charge is 0.421 e. The second-order valence-electron chi connectivity index (χ2n) is 3.70. The number of halogens is 5. The normalized spacial score (nSPS) is 11.8. The first kappa shape index (κ1) is 16.1. The van der Waals surface area contributed by atoms with E-state index in [-0.39, 0.29) is 12.8 Å². The molecule has 20 heavy (non-hydrogen) atoms. The van der Waals surface area contributed by atoms with Gasteiger partial charge in [-0.2, -0.15) is 13.2 Å². The second-order valence-corrected chi connectivity index (χ2v) is 3.70. The Bertz CT molecular complexity index is 550. The highest BCUT2D eigenvalue weighted by Crippen LogP contribution is 2.28. The lowest BCUT2D eigenvalue weighted by Gasteiger charge is -2.12. The molecule has 0 aliphatic carbocycles. The number of aromatic amines is 1. The summed E-state index contributed by atoms with van der Waals surface area (Å²) in [6.45, 7) is 1.35. The van der Waals surface area contributed by atoms with Gasteiger partial charge in [-0.3, -0.25) is 9.59 Å². The van der Waals surface area contributed by atoms with E-state index in [2.05, 4.69) is 4.74 Å². The van der Waals surface area contributed by atoms with Gasteiger partial charge in [0, 0.05) is 11.8 Å². The van der Waals surface area contributed by atoms with Crippen molar-refractivity contribution < 1.29 is 31.5 Å². The summed E-state index contributed by atoms with van der Waals surface area (Å²) in [4.78, 5) is 24.5. The van der Waals surface area contributed by atoms with E-state index in [1.54, 1.807) is 4.98 Å². The van der Waals surface area contributed by atoms with Gasteiger partial charge in [0.2, 0.25) is 0 Å². The van der Waals surface area contributed by atoms with Crippen molar-refractivity contribution in [2.45, 2.75) is 25.9 Å². The second kappa shape index (κ2) is 6.02. The number of aromatic nitrogens is 1. The molecule has 0 saturated heterocycles. The maximum atomic E-state index is 12.7. The number of ether oxygens (including phenoxy) is 1. The predicted molar refractivity (Wildman–Crippen MR) is 57.4 cm³/mol. The van der Waals surface area contributed by atoms with Gasteiger partial charge in [-0.25, -0.2) is 8.78 Å². The van der Waals surface area contributed by atoms with Crippen LogP contribution in [0, 0.1) is 0 Å². The first-order chi connectivity index (χ1) is 9.18. The van der Waals surface area contributed by atoms with E-state index in [4.69, 9.17) is 0 Å². The maximum absolute atomic E-state index is 12.7. The molecular weight excluding hydrogens is 289 g/mol. The van der Waals surface area contributed by atoms with Gasteiger partial charge in [0.1, 0.15) is 5.56 Å². The number of esters is 1. The monoisotopic (exact) mass is 299 g/mol. The SMILES string of the molecule is CCOC(=O)Cc1c(C(F)F)[nH]cc(C(F)(F)F)c1=O. The van der Waals surface area contributed by atoms with Crippen LogP contribution >= 0.6 is 0 Å². The summed E-state index contributed by atoms with van der Waals surface area (Å²) in [5, 5.41) is 0. The van der Waals surface area contributed by atoms with Crippen LogP contribution in [-0.4, -0.2) is 17.6 Å². The number of carbonyl (C=O) groups is 1. The van der Waals surface area contributed by atoms with E-state index in [1.807, 2.05) is 0 Å². The number of pyridine rings is 1. The molecule has 0 aliphatic heterocycles. The Hall–Kier alpha value is -1.93. The van der Waals surface area contributed by atoms with Crippen molar-refractivity contribution in [1.29, 1.82) is 0 Å². The summed E-state index contributed by atoms with van der Waals surface area (Å²) < 4.78 is 67.4. The lowest BCUT2D eigenvalue weighted by Crippen LogP contribution is -2.27. The Balaban J connectivity index is 3.36. The standard InChI is InChI=1S/C11H10F5NO3/c1-2-20-7(18)3-5-8(10(12)13)17-4-6(9(5)19)11(14,15)16/h4,10H,2-3H2,1H3,(H,17,19). The zero-order chi connectivity index (χ0) is 15.5. The number of rotatable bonds is 4. The fourth-order valence-electron chi connectivity index (χ4n) is 1.52. The number of H-pyrrole nitrogens is 1. The van der Waals surface area contributed by atoms with E-state index >= 15 is 0 Å². The van der Waals surface area contributed by atoms with Gasteiger partial charge in [-0.15, -0.1) is 0 Å². The molecule has 0 aromatic carbocycles. The third-order valence-corrected chi connectivity index (χ3v) is 2.37. The Morgan fingerprint density at radius 1 is 1.40 bits per heavy atom. The zero-order valence-electron chi connectivity index (χ0n) is 10.2. The van der Waals surface area contributed by atoms with Gasteiger partial charge in [0.25, 0.3) is 6.43 Å². The molecule has 0 aliphatic rings. The van der Waals surface area contributed by atoms with Crippen LogP contribution in [0.1, 0.15) is 30.2 Å². The first-order valence-corrected chi connectivity index (χ1v) is 5.43. The fourth-order valence-corrected chi connectivity index (χ4v) is 1.52. The average molecular weight is 299 g/mol. The number of alkyl halides is 5. The molecule has 0 atom stereocenters. The zero-order valence-corrected chi connectivity index (χ0v) is 10.2. The summed E-state index contributed by atoms with van der Waals surface area (Å²) in [6.07, 6.45) is -9.00. The van der Waals surface area contributed by atoms with Crippen LogP contribution in [0.4, 0.5) is 22.0 Å². The van der Waals surface area contributed by atoms with Gasteiger partial charge in [0.05, 0.1) is 18.7 Å². The molecule has 0 unspecified atom stereocenters. The van der Waals surface area contributed by atoms with Crippen LogP contribution in [0.2, 0.25) is 0 Å². The Labute approximate surface area is 109 Å². The minimum absolute atomic E-state index is 0.0836. The molecule has 0 fully saturated rings. The third-order valence-electron chi connectivity index (χ3n) is 2.37. The van der Waals surface area contributed by atoms with E-state index in [0.29, 0.717) is 0 Å². The molecule has 0 amide bonds. The summed E-state index contributed by atoms with van der Waals surface area (Å²) in [6, 6.07) is 0. The highest BCUT2D eigenvalue weighted by molar-refractivity contribution is 5.73. The summed E-state index contributed by atoms with van der Waals surface area (Å²) >= 11 is 0. The molecular formula is C11H10F5NO3. The van der Waals surface area contributed by atoms with Gasteiger partial charge in [0.15, 0.2) is 5.43 Å². The van der Waals surface area contributed by atoms with Gasteiger partial charge >= 0.3 is 12.1 Å². The highest BCUT2D eigenvalue weighted by Gasteiger charge is 2.36. The van der Waals surface area contributed by atoms with E-state index in [1.165, 1.54) is 6.92 Å². The van der Waals surface area contributed by atoms with Crippen LogP contribution in [0.3, 0.4) is 0 Å².